The predicted molar refractivity (Wildman–Crippen MR) is 165 cm³/mol. The first kappa shape index (κ1) is 31.3. The maximum absolute atomic E-state index is 15.6. The van der Waals surface area contributed by atoms with E-state index in [1.54, 1.807) is 15.9 Å². The Labute approximate surface area is 263 Å². The highest BCUT2D eigenvalue weighted by Gasteiger charge is 2.49. The second-order valence-corrected chi connectivity index (χ2v) is 12.0. The minimum Gasteiger partial charge on any atom is -0.363 e. The van der Waals surface area contributed by atoms with Crippen LogP contribution < -0.4 is 14.7 Å². The number of pyridine rings is 1. The normalized spacial score (nSPS) is 21.7. The number of amides is 3. The first-order valence-electron chi connectivity index (χ1n) is 15.1. The molecule has 3 aliphatic heterocycles. The van der Waals surface area contributed by atoms with E-state index in [0.717, 1.165) is 41.0 Å². The van der Waals surface area contributed by atoms with Gasteiger partial charge in [-0.3, -0.25) is 19.3 Å². The average Bonchev–Trinajstić information content (AvgIpc) is 3.63. The molecule has 240 valence electrons. The highest BCUT2D eigenvalue weighted by Crippen LogP contribution is 2.42. The molecular weight excluding hydrogens is 602 g/mol. The van der Waals surface area contributed by atoms with E-state index >= 15 is 4.39 Å². The molecule has 2 aromatic carbocycles. The number of fused-ring (bicyclic) bond motifs is 2. The monoisotopic (exact) mass is 635 g/mol. The van der Waals surface area contributed by atoms with Crippen LogP contribution in [0.1, 0.15) is 47.7 Å². The van der Waals surface area contributed by atoms with Gasteiger partial charge in [-0.1, -0.05) is 36.9 Å². The summed E-state index contributed by atoms with van der Waals surface area (Å²) in [6.07, 6.45) is -1.77. The molecule has 0 saturated carbocycles. The minimum atomic E-state index is -4.67. The van der Waals surface area contributed by atoms with Gasteiger partial charge in [-0.25, -0.2) is 9.37 Å². The van der Waals surface area contributed by atoms with E-state index in [9.17, 15) is 27.6 Å². The van der Waals surface area contributed by atoms with Crippen LogP contribution in [0, 0.1) is 18.7 Å². The lowest BCUT2D eigenvalue weighted by Gasteiger charge is -2.39. The van der Waals surface area contributed by atoms with Crippen molar-refractivity contribution < 1.29 is 31.9 Å². The van der Waals surface area contributed by atoms with E-state index in [1.807, 2.05) is 24.3 Å². The predicted octanol–water partition coefficient (Wildman–Crippen LogP) is 5.80. The van der Waals surface area contributed by atoms with Crippen LogP contribution in [0.3, 0.4) is 0 Å². The molecule has 0 unspecified atom stereocenters. The number of likely N-dealkylation sites (tertiary alicyclic amines) is 1. The van der Waals surface area contributed by atoms with Gasteiger partial charge in [0.15, 0.2) is 0 Å². The molecule has 12 heteroatoms. The zero-order valence-electron chi connectivity index (χ0n) is 25.4. The van der Waals surface area contributed by atoms with Gasteiger partial charge in [0.05, 0.1) is 23.0 Å². The lowest BCUT2D eigenvalue weighted by atomic mass is 9.95. The van der Waals surface area contributed by atoms with E-state index in [1.165, 1.54) is 37.1 Å². The zero-order chi connectivity index (χ0) is 32.9. The molecule has 46 heavy (non-hydrogen) atoms. The van der Waals surface area contributed by atoms with Gasteiger partial charge in [0, 0.05) is 44.7 Å². The Balaban J connectivity index is 1.35. The second-order valence-electron chi connectivity index (χ2n) is 12.0. The number of para-hydroxylation sites is 1. The summed E-state index contributed by atoms with van der Waals surface area (Å²) in [7, 11) is 1.47. The van der Waals surface area contributed by atoms with Crippen LogP contribution in [0.2, 0.25) is 0 Å². The highest BCUT2D eigenvalue weighted by molar-refractivity contribution is 6.10. The van der Waals surface area contributed by atoms with Gasteiger partial charge in [0.2, 0.25) is 17.7 Å². The number of halogens is 4. The highest BCUT2D eigenvalue weighted by atomic mass is 19.4. The van der Waals surface area contributed by atoms with Crippen molar-refractivity contribution in [2.45, 2.75) is 51.0 Å². The van der Waals surface area contributed by atoms with E-state index in [-0.39, 0.29) is 54.3 Å². The van der Waals surface area contributed by atoms with Crippen LogP contribution in [0.5, 0.6) is 0 Å². The molecule has 3 aromatic rings. The molecule has 0 aliphatic carbocycles. The third kappa shape index (κ3) is 5.60. The number of hydrogen-bond donors (Lipinski definition) is 0. The number of carbonyl (C=O) groups is 3. The Bertz CT molecular complexity index is 1710. The summed E-state index contributed by atoms with van der Waals surface area (Å²) in [5.74, 6) is -2.66. The Kier molecular flexibility index (Phi) is 8.07. The molecule has 0 N–H and O–H groups in total. The smallest absolute Gasteiger partial charge is 0.363 e. The number of aryl methyl sites for hydroxylation is 1. The molecule has 4 heterocycles. The van der Waals surface area contributed by atoms with Gasteiger partial charge in [-0.05, 0) is 61.2 Å². The molecular formula is C34H33F4N5O3. The summed E-state index contributed by atoms with van der Waals surface area (Å²) in [5.41, 5.74) is 1.36. The number of hydrogen-bond acceptors (Lipinski definition) is 5. The number of likely N-dealkylation sites (N-methyl/N-ethyl adjacent to an activating group) is 1. The maximum atomic E-state index is 15.6. The fourth-order valence-corrected chi connectivity index (χ4v) is 6.97. The summed E-state index contributed by atoms with van der Waals surface area (Å²) in [6, 6.07) is 12.6. The minimum absolute atomic E-state index is 0.0554. The van der Waals surface area contributed by atoms with Gasteiger partial charge < -0.3 is 14.7 Å². The molecule has 0 radical (unpaired) electrons. The summed E-state index contributed by atoms with van der Waals surface area (Å²) >= 11 is 0. The third-order valence-corrected chi connectivity index (χ3v) is 9.07. The first-order valence-corrected chi connectivity index (χ1v) is 15.1. The number of carbonyl (C=O) groups excluding carboxylic acids is 3. The standard InChI is InChI=1S/C34H33F4N5O3/c1-4-29(44)42-14-6-9-26(42)22-12-10-21(11-13-22)18-41-19-23-16-30(45)43(28-17-24(34(36,37)38)15-20(2)39-28)31(23)33(46)40(3)27-8-5-7-25(35)32(27)41/h4-5,7-8,10-13,15,17,23,26,31H,1,6,9,14,16,18-19H2,2-3H3/t23-,26-,31+/m1/s1. The summed E-state index contributed by atoms with van der Waals surface area (Å²) in [6.45, 7) is 5.98. The van der Waals surface area contributed by atoms with Crippen LogP contribution in [0.4, 0.5) is 34.8 Å². The van der Waals surface area contributed by atoms with Crippen LogP contribution >= 0.6 is 0 Å². The van der Waals surface area contributed by atoms with Crippen molar-refractivity contribution in [3.63, 3.8) is 0 Å². The van der Waals surface area contributed by atoms with Crippen LogP contribution in [0.15, 0.2) is 67.3 Å². The van der Waals surface area contributed by atoms with Crippen LogP contribution in [0.25, 0.3) is 0 Å². The molecule has 2 saturated heterocycles. The van der Waals surface area contributed by atoms with E-state index in [4.69, 9.17) is 0 Å². The lowest BCUT2D eigenvalue weighted by Crippen LogP contribution is -2.52. The van der Waals surface area contributed by atoms with Gasteiger partial charge in [0.1, 0.15) is 17.7 Å². The number of anilines is 3. The van der Waals surface area contributed by atoms with Gasteiger partial charge in [0.25, 0.3) is 0 Å². The molecule has 3 atom stereocenters. The van der Waals surface area contributed by atoms with Crippen molar-refractivity contribution in [3.8, 4) is 0 Å². The van der Waals surface area contributed by atoms with Gasteiger partial charge >= 0.3 is 6.18 Å². The number of rotatable bonds is 5. The Hall–Kier alpha value is -4.74. The SMILES string of the molecule is C=CC(=O)N1CCC[C@@H]1c1ccc(CN2C[C@H]3CC(=O)N(c4cc(C(F)(F)F)cc(C)n4)[C@@H]3C(=O)N(C)c3cccc(F)c32)cc1. The molecule has 3 aliphatic rings. The first-order chi connectivity index (χ1) is 21.9. The zero-order valence-corrected chi connectivity index (χ0v) is 25.4. The second kappa shape index (κ2) is 11.9. The fourth-order valence-electron chi connectivity index (χ4n) is 6.97. The molecule has 8 nitrogen and oxygen atoms in total. The molecule has 3 amide bonds. The van der Waals surface area contributed by atoms with Crippen molar-refractivity contribution >= 4 is 34.9 Å². The molecule has 2 fully saturated rings. The number of alkyl halides is 3. The van der Waals surface area contributed by atoms with Crippen LogP contribution in [-0.4, -0.2) is 53.8 Å². The Morgan fingerprint density at radius 3 is 2.54 bits per heavy atom. The number of nitrogens with zero attached hydrogens (tertiary/aromatic N) is 5. The lowest BCUT2D eigenvalue weighted by molar-refractivity contribution is -0.137. The van der Waals surface area contributed by atoms with Gasteiger partial charge in [-0.15, -0.1) is 0 Å². The van der Waals surface area contributed by atoms with E-state index < -0.39 is 41.3 Å². The molecule has 0 spiro atoms. The van der Waals surface area contributed by atoms with Crippen LogP contribution in [-0.2, 0) is 27.1 Å². The largest absolute Gasteiger partial charge is 0.416 e. The summed E-state index contributed by atoms with van der Waals surface area (Å²) in [4.78, 5) is 49.9. The van der Waals surface area contributed by atoms with Gasteiger partial charge in [-0.2, -0.15) is 13.2 Å². The van der Waals surface area contributed by atoms with Crippen molar-refractivity contribution in [2.75, 3.05) is 34.8 Å². The fraction of sp³-hybridized carbons (Fsp3) is 0.353. The van der Waals surface area contributed by atoms with E-state index in [2.05, 4.69) is 11.6 Å². The Morgan fingerprint density at radius 2 is 1.85 bits per heavy atom. The van der Waals surface area contributed by atoms with Crippen molar-refractivity contribution in [3.05, 3.63) is 95.5 Å². The molecule has 1 aromatic heterocycles. The third-order valence-electron chi connectivity index (χ3n) is 9.07. The maximum Gasteiger partial charge on any atom is 0.416 e. The summed E-state index contributed by atoms with van der Waals surface area (Å²) in [5, 5.41) is 0. The Morgan fingerprint density at radius 1 is 1.11 bits per heavy atom. The topological polar surface area (TPSA) is 77.1 Å². The number of aromatic nitrogens is 1. The van der Waals surface area contributed by atoms with Crippen molar-refractivity contribution in [1.82, 2.24) is 9.88 Å². The quantitative estimate of drug-likeness (QED) is 0.262. The summed E-state index contributed by atoms with van der Waals surface area (Å²) < 4.78 is 56.7. The average molecular weight is 636 g/mol. The van der Waals surface area contributed by atoms with Crippen molar-refractivity contribution in [2.24, 2.45) is 5.92 Å². The number of benzene rings is 2. The molecule has 6 rings (SSSR count). The van der Waals surface area contributed by atoms with E-state index in [0.29, 0.717) is 6.54 Å². The molecule has 0 bridgehead atoms. The van der Waals surface area contributed by atoms with Crippen molar-refractivity contribution in [1.29, 1.82) is 0 Å².